The fourth-order valence-electron chi connectivity index (χ4n) is 2.78. The van der Waals surface area contributed by atoms with E-state index in [0.717, 1.165) is 16.8 Å². The van der Waals surface area contributed by atoms with E-state index in [1.54, 1.807) is 11.8 Å². The van der Waals surface area contributed by atoms with E-state index in [4.69, 9.17) is 0 Å². The van der Waals surface area contributed by atoms with Crippen molar-refractivity contribution in [2.75, 3.05) is 12.3 Å². The number of carbonyl (C=O) groups excluding carboxylic acids is 1. The van der Waals surface area contributed by atoms with Crippen LogP contribution in [0.2, 0.25) is 0 Å². The lowest BCUT2D eigenvalue weighted by Gasteiger charge is -2.35. The van der Waals surface area contributed by atoms with Crippen molar-refractivity contribution in [1.29, 1.82) is 0 Å². The summed E-state index contributed by atoms with van der Waals surface area (Å²) in [5.74, 6) is 1.94. The fraction of sp³-hybridized carbons (Fsp3) is 0.867. The first-order valence-corrected chi connectivity index (χ1v) is 8.53. The maximum absolute atomic E-state index is 11.8. The topological polar surface area (TPSA) is 53.5 Å². The Morgan fingerprint density at radius 1 is 1.45 bits per heavy atom. The third kappa shape index (κ3) is 4.40. The maximum atomic E-state index is 11.8. The molecule has 4 nitrogen and oxygen atoms in total. The summed E-state index contributed by atoms with van der Waals surface area (Å²) in [5.41, 5.74) is 0.0603. The van der Waals surface area contributed by atoms with Gasteiger partial charge in [0.2, 0.25) is 5.91 Å². The summed E-state index contributed by atoms with van der Waals surface area (Å²) in [6, 6.07) is 0. The Bertz CT molecular complexity index is 392. The third-order valence-corrected chi connectivity index (χ3v) is 5.17. The molecule has 0 bridgehead atoms. The third-order valence-electron chi connectivity index (χ3n) is 3.97. The van der Waals surface area contributed by atoms with Crippen LogP contribution in [0.25, 0.3) is 0 Å². The van der Waals surface area contributed by atoms with Crippen LogP contribution in [0.4, 0.5) is 0 Å². The molecule has 114 valence electrons. The van der Waals surface area contributed by atoms with Gasteiger partial charge in [0.05, 0.1) is 0 Å². The van der Waals surface area contributed by atoms with Gasteiger partial charge < -0.3 is 10.6 Å². The van der Waals surface area contributed by atoms with Crippen LogP contribution in [0, 0.1) is 5.92 Å². The number of amidine groups is 1. The Labute approximate surface area is 126 Å². The number of hydrogen-bond donors (Lipinski definition) is 2. The normalized spacial score (nSPS) is 32.4. The first-order valence-electron chi connectivity index (χ1n) is 7.54. The summed E-state index contributed by atoms with van der Waals surface area (Å²) in [5, 5.41) is 7.46. The molecule has 0 radical (unpaired) electrons. The van der Waals surface area contributed by atoms with Crippen molar-refractivity contribution in [3.8, 4) is 0 Å². The highest BCUT2D eigenvalue weighted by atomic mass is 32.2. The van der Waals surface area contributed by atoms with Gasteiger partial charge in [-0.3, -0.25) is 9.79 Å². The SMILES string of the molecule is CC1CCC2(CC1)CSC(=NCC(=O)NC(C)(C)C)N2. The number of rotatable bonds is 2. The average molecular weight is 297 g/mol. The number of aliphatic imine (C=N–C) groups is 1. The molecule has 2 aliphatic rings. The van der Waals surface area contributed by atoms with Crippen molar-refractivity contribution in [1.82, 2.24) is 10.6 Å². The number of hydrogen-bond acceptors (Lipinski definition) is 3. The number of nitrogens with one attached hydrogen (secondary N) is 2. The van der Waals surface area contributed by atoms with E-state index in [0.29, 0.717) is 0 Å². The van der Waals surface area contributed by atoms with Crippen LogP contribution < -0.4 is 10.6 Å². The van der Waals surface area contributed by atoms with Gasteiger partial charge in [-0.15, -0.1) is 0 Å². The largest absolute Gasteiger partial charge is 0.359 e. The van der Waals surface area contributed by atoms with E-state index in [9.17, 15) is 4.79 Å². The molecule has 0 aromatic carbocycles. The standard InChI is InChI=1S/C15H27N3OS/c1-11-5-7-15(8-6-11)10-20-13(18-15)16-9-12(19)17-14(2,3)4/h11H,5-10H2,1-4H3,(H,16,18)(H,17,19). The van der Waals surface area contributed by atoms with Crippen molar-refractivity contribution in [2.45, 2.75) is 64.5 Å². The Kier molecular flexibility index (Phi) is 4.67. The Balaban J connectivity index is 1.83. The molecule has 1 heterocycles. The molecule has 5 heteroatoms. The van der Waals surface area contributed by atoms with Crippen molar-refractivity contribution >= 4 is 22.8 Å². The lowest BCUT2D eigenvalue weighted by Crippen LogP contribution is -2.46. The molecular weight excluding hydrogens is 270 g/mol. The summed E-state index contributed by atoms with van der Waals surface area (Å²) in [7, 11) is 0. The second kappa shape index (κ2) is 5.96. The van der Waals surface area contributed by atoms with Gasteiger partial charge in [0.25, 0.3) is 0 Å². The van der Waals surface area contributed by atoms with Crippen LogP contribution in [0.3, 0.4) is 0 Å². The zero-order valence-electron chi connectivity index (χ0n) is 13.1. The van der Waals surface area contributed by atoms with Crippen molar-refractivity contribution in [3.63, 3.8) is 0 Å². The number of carbonyl (C=O) groups is 1. The van der Waals surface area contributed by atoms with Crippen molar-refractivity contribution < 1.29 is 4.79 Å². The summed E-state index contributed by atoms with van der Waals surface area (Å²) in [6.07, 6.45) is 5.06. The second-order valence-electron chi connectivity index (χ2n) is 7.30. The summed E-state index contributed by atoms with van der Waals surface area (Å²) >= 11 is 1.77. The van der Waals surface area contributed by atoms with Crippen LogP contribution in [-0.4, -0.2) is 34.5 Å². The highest BCUT2D eigenvalue weighted by Gasteiger charge is 2.39. The van der Waals surface area contributed by atoms with Crippen LogP contribution in [0.5, 0.6) is 0 Å². The number of amides is 1. The Morgan fingerprint density at radius 3 is 2.70 bits per heavy atom. The Hall–Kier alpha value is -0.710. The quantitative estimate of drug-likeness (QED) is 0.823. The van der Waals surface area contributed by atoms with Crippen LogP contribution in [0.1, 0.15) is 53.4 Å². The molecule has 1 saturated heterocycles. The molecule has 0 aromatic heterocycles. The zero-order valence-corrected chi connectivity index (χ0v) is 13.9. The molecule has 0 aromatic rings. The molecule has 1 saturated carbocycles. The van der Waals surface area contributed by atoms with Gasteiger partial charge in [0.1, 0.15) is 6.54 Å². The lowest BCUT2D eigenvalue weighted by molar-refractivity contribution is -0.121. The van der Waals surface area contributed by atoms with Crippen LogP contribution in [-0.2, 0) is 4.79 Å². The summed E-state index contributed by atoms with van der Waals surface area (Å²) in [6.45, 7) is 8.51. The minimum Gasteiger partial charge on any atom is -0.359 e. The highest BCUT2D eigenvalue weighted by Crippen LogP contribution is 2.38. The fourth-order valence-corrected chi connectivity index (χ4v) is 3.99. The van der Waals surface area contributed by atoms with Gasteiger partial charge in [-0.05, 0) is 52.4 Å². The van der Waals surface area contributed by atoms with Gasteiger partial charge in [-0.25, -0.2) is 0 Å². The molecule has 1 aliphatic carbocycles. The first kappa shape index (κ1) is 15.7. The summed E-state index contributed by atoms with van der Waals surface area (Å²) < 4.78 is 0. The molecule has 0 atom stereocenters. The van der Waals surface area contributed by atoms with E-state index >= 15 is 0 Å². The van der Waals surface area contributed by atoms with Gasteiger partial charge in [-0.1, -0.05) is 18.7 Å². The first-order chi connectivity index (χ1) is 9.28. The van der Waals surface area contributed by atoms with Gasteiger partial charge in [-0.2, -0.15) is 0 Å². The molecule has 2 fully saturated rings. The van der Waals surface area contributed by atoms with E-state index in [1.165, 1.54) is 25.7 Å². The average Bonchev–Trinajstić information content (AvgIpc) is 2.73. The molecular formula is C15H27N3OS. The molecule has 1 aliphatic heterocycles. The summed E-state index contributed by atoms with van der Waals surface area (Å²) in [4.78, 5) is 16.2. The molecule has 1 amide bonds. The zero-order chi connectivity index (χ0) is 14.8. The second-order valence-corrected chi connectivity index (χ2v) is 8.26. The minimum atomic E-state index is -0.186. The van der Waals surface area contributed by atoms with Crippen LogP contribution >= 0.6 is 11.8 Å². The minimum absolute atomic E-state index is 0.00869. The van der Waals surface area contributed by atoms with E-state index in [-0.39, 0.29) is 23.5 Å². The van der Waals surface area contributed by atoms with Crippen molar-refractivity contribution in [2.24, 2.45) is 10.9 Å². The van der Waals surface area contributed by atoms with E-state index in [1.807, 2.05) is 20.8 Å². The van der Waals surface area contributed by atoms with Gasteiger partial charge in [0.15, 0.2) is 5.17 Å². The smallest absolute Gasteiger partial charge is 0.242 e. The van der Waals surface area contributed by atoms with Gasteiger partial charge in [0, 0.05) is 16.8 Å². The molecule has 2 rings (SSSR count). The molecule has 1 spiro atoms. The number of thioether (sulfide) groups is 1. The molecule has 0 unspecified atom stereocenters. The monoisotopic (exact) mass is 297 g/mol. The van der Waals surface area contributed by atoms with Gasteiger partial charge >= 0.3 is 0 Å². The van der Waals surface area contributed by atoms with Crippen LogP contribution in [0.15, 0.2) is 4.99 Å². The van der Waals surface area contributed by atoms with E-state index < -0.39 is 0 Å². The lowest BCUT2D eigenvalue weighted by atomic mass is 9.78. The predicted molar refractivity (Wildman–Crippen MR) is 86.2 cm³/mol. The predicted octanol–water partition coefficient (Wildman–Crippen LogP) is 2.54. The van der Waals surface area contributed by atoms with E-state index in [2.05, 4.69) is 22.5 Å². The molecule has 20 heavy (non-hydrogen) atoms. The van der Waals surface area contributed by atoms with Crippen molar-refractivity contribution in [3.05, 3.63) is 0 Å². The number of nitrogens with zero attached hydrogens (tertiary/aromatic N) is 1. The Morgan fingerprint density at radius 2 is 2.10 bits per heavy atom. The molecule has 2 N–H and O–H groups in total. The maximum Gasteiger partial charge on any atom is 0.242 e. The highest BCUT2D eigenvalue weighted by molar-refractivity contribution is 8.14.